The molecule has 132 valence electrons. The summed E-state index contributed by atoms with van der Waals surface area (Å²) in [6, 6.07) is 12.5. The van der Waals surface area contributed by atoms with Gasteiger partial charge >= 0.3 is 0 Å². The lowest BCUT2D eigenvalue weighted by Gasteiger charge is -2.39. The number of fused-ring (bicyclic) bond motifs is 2. The first kappa shape index (κ1) is 17.1. The first-order valence-corrected chi connectivity index (χ1v) is 10.1. The van der Waals surface area contributed by atoms with Crippen molar-refractivity contribution in [3.8, 4) is 10.4 Å². The molecule has 2 nitrogen and oxygen atoms in total. The lowest BCUT2D eigenvalue weighted by Crippen LogP contribution is -2.37. The Kier molecular flexibility index (Phi) is 4.01. The Morgan fingerprint density at radius 1 is 1.20 bits per heavy atom. The third-order valence-corrected chi connectivity index (χ3v) is 7.06. The van der Waals surface area contributed by atoms with Crippen molar-refractivity contribution in [3.05, 3.63) is 46.3 Å². The highest BCUT2D eigenvalue weighted by atomic mass is 35.5. The molecule has 2 atom stereocenters. The molecule has 1 saturated heterocycles. The number of hydrogen-bond acceptors (Lipinski definition) is 2. The van der Waals surface area contributed by atoms with Crippen LogP contribution >= 0.6 is 22.9 Å². The van der Waals surface area contributed by atoms with Gasteiger partial charge in [-0.05, 0) is 41.7 Å². The lowest BCUT2D eigenvalue weighted by molar-refractivity contribution is 0.0709. The number of rotatable bonds is 2. The quantitative estimate of drug-likeness (QED) is 0.621. The first-order chi connectivity index (χ1) is 11.8. The fourth-order valence-electron chi connectivity index (χ4n) is 5.11. The molecular weight excluding hydrogens is 350 g/mol. The molecule has 1 aromatic heterocycles. The number of hydrogen-bond donors (Lipinski definition) is 0. The summed E-state index contributed by atoms with van der Waals surface area (Å²) >= 11 is 7.97. The molecule has 1 amide bonds. The predicted octanol–water partition coefficient (Wildman–Crippen LogP) is 6.11. The molecule has 1 aromatic carbocycles. The maximum atomic E-state index is 13.3. The smallest absolute Gasteiger partial charge is 0.256 e. The largest absolute Gasteiger partial charge is 0.335 e. The standard InChI is InChI=1S/C21H24ClNOS/c1-20(2)10-15-11-21(3,12-20)13-23(15)19(24)16-9-17(25-18(16)22)14-7-5-4-6-8-14/h4-9,15H,10-13H2,1-3H3. The normalized spacial score (nSPS) is 27.5. The Balaban J connectivity index is 1.63. The molecule has 4 heteroatoms. The number of thiophene rings is 1. The van der Waals surface area contributed by atoms with E-state index in [4.69, 9.17) is 11.6 Å². The van der Waals surface area contributed by atoms with E-state index < -0.39 is 0 Å². The van der Waals surface area contributed by atoms with E-state index in [0.29, 0.717) is 21.4 Å². The van der Waals surface area contributed by atoms with E-state index in [9.17, 15) is 4.79 Å². The van der Waals surface area contributed by atoms with Crippen molar-refractivity contribution in [1.82, 2.24) is 4.90 Å². The van der Waals surface area contributed by atoms with Crippen LogP contribution in [0, 0.1) is 10.8 Å². The van der Waals surface area contributed by atoms with Gasteiger partial charge in [0.15, 0.2) is 0 Å². The van der Waals surface area contributed by atoms with Crippen molar-refractivity contribution < 1.29 is 4.79 Å². The SMILES string of the molecule is CC1(C)CC2CC(C)(CN2C(=O)c2cc(-c3ccccc3)sc2Cl)C1. The maximum Gasteiger partial charge on any atom is 0.256 e. The summed E-state index contributed by atoms with van der Waals surface area (Å²) in [6.07, 6.45) is 3.39. The van der Waals surface area contributed by atoms with Crippen LogP contribution in [-0.4, -0.2) is 23.4 Å². The van der Waals surface area contributed by atoms with Crippen LogP contribution in [0.5, 0.6) is 0 Å². The number of likely N-dealkylation sites (tertiary alicyclic amines) is 1. The minimum atomic E-state index is 0.106. The number of benzene rings is 1. The molecule has 0 N–H and O–H groups in total. The Labute approximate surface area is 158 Å². The topological polar surface area (TPSA) is 20.3 Å². The molecule has 0 radical (unpaired) electrons. The predicted molar refractivity (Wildman–Crippen MR) is 105 cm³/mol. The van der Waals surface area contributed by atoms with Crippen LogP contribution in [-0.2, 0) is 0 Å². The minimum absolute atomic E-state index is 0.106. The van der Waals surface area contributed by atoms with Crippen LogP contribution in [0.15, 0.2) is 36.4 Å². The van der Waals surface area contributed by atoms with Gasteiger partial charge in [-0.15, -0.1) is 11.3 Å². The van der Waals surface area contributed by atoms with Gasteiger partial charge in [-0.25, -0.2) is 0 Å². The number of nitrogens with zero attached hydrogens (tertiary/aromatic N) is 1. The van der Waals surface area contributed by atoms with E-state index in [0.717, 1.165) is 29.8 Å². The van der Waals surface area contributed by atoms with E-state index in [1.54, 1.807) is 0 Å². The zero-order valence-electron chi connectivity index (χ0n) is 15.0. The van der Waals surface area contributed by atoms with Gasteiger partial charge in [-0.1, -0.05) is 62.7 Å². The monoisotopic (exact) mass is 373 g/mol. The number of amides is 1. The van der Waals surface area contributed by atoms with Crippen LogP contribution in [0.25, 0.3) is 10.4 Å². The van der Waals surface area contributed by atoms with Crippen LogP contribution in [0.4, 0.5) is 0 Å². The van der Waals surface area contributed by atoms with Crippen LogP contribution in [0.3, 0.4) is 0 Å². The first-order valence-electron chi connectivity index (χ1n) is 8.92. The number of carbonyl (C=O) groups is 1. The summed E-state index contributed by atoms with van der Waals surface area (Å²) in [5.74, 6) is 0.106. The average Bonchev–Trinajstić information content (AvgIpc) is 3.04. The van der Waals surface area contributed by atoms with Crippen molar-refractivity contribution in [1.29, 1.82) is 0 Å². The molecule has 2 unspecified atom stereocenters. The zero-order valence-corrected chi connectivity index (χ0v) is 16.6. The van der Waals surface area contributed by atoms with Crippen molar-refractivity contribution >= 4 is 28.8 Å². The second kappa shape index (κ2) is 5.85. The number of halogens is 1. The summed E-state index contributed by atoms with van der Waals surface area (Å²) in [5, 5.41) is 0. The van der Waals surface area contributed by atoms with Gasteiger partial charge in [0.1, 0.15) is 4.34 Å². The van der Waals surface area contributed by atoms with Gasteiger partial charge in [0, 0.05) is 17.5 Å². The molecule has 2 heterocycles. The Morgan fingerprint density at radius 3 is 2.64 bits per heavy atom. The molecule has 2 aromatic rings. The van der Waals surface area contributed by atoms with E-state index in [1.807, 2.05) is 24.3 Å². The third kappa shape index (κ3) is 3.13. The van der Waals surface area contributed by atoms with Crippen molar-refractivity contribution in [2.24, 2.45) is 10.8 Å². The van der Waals surface area contributed by atoms with Gasteiger partial charge in [-0.3, -0.25) is 4.79 Å². The molecule has 1 aliphatic heterocycles. The number of carbonyl (C=O) groups excluding carboxylic acids is 1. The minimum Gasteiger partial charge on any atom is -0.335 e. The molecule has 2 bridgehead atoms. The van der Waals surface area contributed by atoms with E-state index in [2.05, 4.69) is 37.8 Å². The fraction of sp³-hybridized carbons (Fsp3) is 0.476. The van der Waals surface area contributed by atoms with Gasteiger partial charge < -0.3 is 4.90 Å². The lowest BCUT2D eigenvalue weighted by atomic mass is 9.65. The van der Waals surface area contributed by atoms with Gasteiger partial charge in [0.25, 0.3) is 5.91 Å². The highest BCUT2D eigenvalue weighted by molar-refractivity contribution is 7.19. The Morgan fingerprint density at radius 2 is 1.92 bits per heavy atom. The third-order valence-electron chi connectivity index (χ3n) is 5.65. The zero-order chi connectivity index (χ0) is 17.8. The highest BCUT2D eigenvalue weighted by Gasteiger charge is 2.51. The van der Waals surface area contributed by atoms with Crippen LogP contribution < -0.4 is 0 Å². The van der Waals surface area contributed by atoms with Gasteiger partial charge in [0.2, 0.25) is 0 Å². The molecule has 25 heavy (non-hydrogen) atoms. The molecule has 0 spiro atoms. The fourth-order valence-corrected chi connectivity index (χ4v) is 6.38. The van der Waals surface area contributed by atoms with Crippen molar-refractivity contribution in [2.45, 2.75) is 46.1 Å². The average molecular weight is 374 g/mol. The van der Waals surface area contributed by atoms with Crippen molar-refractivity contribution in [3.63, 3.8) is 0 Å². The summed E-state index contributed by atoms with van der Waals surface area (Å²) in [6.45, 7) is 7.85. The molecule has 1 saturated carbocycles. The highest BCUT2D eigenvalue weighted by Crippen LogP contribution is 2.53. The second-order valence-corrected chi connectivity index (χ2v) is 10.5. The van der Waals surface area contributed by atoms with Crippen LogP contribution in [0.2, 0.25) is 4.34 Å². The van der Waals surface area contributed by atoms with Gasteiger partial charge in [0.05, 0.1) is 5.56 Å². The Hall–Kier alpha value is -1.32. The van der Waals surface area contributed by atoms with Gasteiger partial charge in [-0.2, -0.15) is 0 Å². The van der Waals surface area contributed by atoms with Crippen LogP contribution in [0.1, 0.15) is 50.4 Å². The van der Waals surface area contributed by atoms with Crippen molar-refractivity contribution in [2.75, 3.05) is 6.54 Å². The van der Waals surface area contributed by atoms with E-state index >= 15 is 0 Å². The maximum absolute atomic E-state index is 13.3. The molecular formula is C21H24ClNOS. The molecule has 1 aliphatic carbocycles. The van der Waals surface area contributed by atoms with E-state index in [1.165, 1.54) is 17.8 Å². The Bertz CT molecular complexity index is 813. The summed E-state index contributed by atoms with van der Waals surface area (Å²) in [4.78, 5) is 16.4. The summed E-state index contributed by atoms with van der Waals surface area (Å²) in [7, 11) is 0. The summed E-state index contributed by atoms with van der Waals surface area (Å²) < 4.78 is 0.606. The summed E-state index contributed by atoms with van der Waals surface area (Å²) in [5.41, 5.74) is 2.33. The molecule has 2 fully saturated rings. The molecule has 4 rings (SSSR count). The second-order valence-electron chi connectivity index (χ2n) is 8.81. The van der Waals surface area contributed by atoms with E-state index in [-0.39, 0.29) is 11.3 Å². The molecule has 2 aliphatic rings.